The first-order valence-corrected chi connectivity index (χ1v) is 11.2. The number of fused-ring (bicyclic) bond motifs is 1. The van der Waals surface area contributed by atoms with Gasteiger partial charge in [0.2, 0.25) is 11.8 Å². The first kappa shape index (κ1) is 19.0. The van der Waals surface area contributed by atoms with Gasteiger partial charge < -0.3 is 10.2 Å². The van der Waals surface area contributed by atoms with Crippen molar-refractivity contribution < 1.29 is 9.59 Å². The predicted molar refractivity (Wildman–Crippen MR) is 113 cm³/mol. The van der Waals surface area contributed by atoms with Crippen LogP contribution in [-0.2, 0) is 16.0 Å². The van der Waals surface area contributed by atoms with E-state index in [-0.39, 0.29) is 17.7 Å². The molecule has 0 saturated carbocycles. The van der Waals surface area contributed by atoms with Crippen LogP contribution >= 0.6 is 22.7 Å². The van der Waals surface area contributed by atoms with Gasteiger partial charge in [-0.15, -0.1) is 22.7 Å². The van der Waals surface area contributed by atoms with Crippen molar-refractivity contribution in [1.29, 1.82) is 0 Å². The number of piperidine rings is 1. The van der Waals surface area contributed by atoms with Crippen molar-refractivity contribution in [1.82, 2.24) is 14.9 Å². The summed E-state index contributed by atoms with van der Waals surface area (Å²) in [5.74, 6) is -0.0688. The minimum atomic E-state index is -0.161. The van der Waals surface area contributed by atoms with Crippen molar-refractivity contribution >= 4 is 49.8 Å². The highest BCUT2D eigenvalue weighted by Gasteiger charge is 2.28. The molecule has 2 aromatic heterocycles. The summed E-state index contributed by atoms with van der Waals surface area (Å²) in [5.41, 5.74) is 1.03. The van der Waals surface area contributed by atoms with Gasteiger partial charge in [0.15, 0.2) is 5.13 Å². The van der Waals surface area contributed by atoms with Crippen LogP contribution in [0.2, 0.25) is 0 Å². The third-order valence-corrected chi connectivity index (χ3v) is 6.71. The molecule has 1 aromatic carbocycles. The Balaban J connectivity index is 1.26. The molecule has 0 aliphatic carbocycles. The van der Waals surface area contributed by atoms with E-state index in [0.29, 0.717) is 18.1 Å². The molecule has 146 valence electrons. The molecular formula is C20H22N4O2S2. The molecule has 3 heterocycles. The summed E-state index contributed by atoms with van der Waals surface area (Å²) >= 11 is 3.10. The Bertz CT molecular complexity index is 921. The largest absolute Gasteiger partial charge is 0.342 e. The lowest BCUT2D eigenvalue weighted by Crippen LogP contribution is -2.43. The van der Waals surface area contributed by atoms with Crippen LogP contribution in [0.15, 0.2) is 35.8 Å². The Hall–Kier alpha value is -2.32. The van der Waals surface area contributed by atoms with Crippen molar-refractivity contribution in [2.75, 3.05) is 18.4 Å². The number of rotatable bonds is 6. The fourth-order valence-corrected chi connectivity index (χ4v) is 5.03. The number of likely N-dealkylation sites (tertiary alicyclic amines) is 1. The number of thiazole rings is 2. The second-order valence-electron chi connectivity index (χ2n) is 6.93. The molecule has 1 unspecified atom stereocenters. The Labute approximate surface area is 171 Å². The molecule has 6 nitrogen and oxygen atoms in total. The number of hydrogen-bond donors (Lipinski definition) is 1. The Morgan fingerprint density at radius 1 is 1.29 bits per heavy atom. The molecule has 1 aliphatic heterocycles. The lowest BCUT2D eigenvalue weighted by molar-refractivity contribution is -0.134. The summed E-state index contributed by atoms with van der Waals surface area (Å²) < 4.78 is 1.19. The standard InChI is InChI=1S/C20H22N4O2S2/c25-18(9-3-8-17-22-15-6-1-2-7-16(15)28-17)24-11-4-5-14(13-24)19(26)23-20-21-10-12-27-20/h1-2,6-7,10,12,14H,3-5,8-9,11,13H2,(H,21,23,26). The van der Waals surface area contributed by atoms with E-state index in [1.807, 2.05) is 28.5 Å². The number of nitrogens with one attached hydrogen (secondary N) is 1. The van der Waals surface area contributed by atoms with Gasteiger partial charge in [-0.25, -0.2) is 9.97 Å². The SMILES string of the molecule is O=C(Nc1nccs1)C1CCCN(C(=O)CCCc2nc3ccccc3s2)C1. The van der Waals surface area contributed by atoms with Gasteiger partial charge in [-0.1, -0.05) is 12.1 Å². The van der Waals surface area contributed by atoms with Crippen LogP contribution in [-0.4, -0.2) is 39.8 Å². The van der Waals surface area contributed by atoms with E-state index >= 15 is 0 Å². The molecule has 0 radical (unpaired) electrons. The van der Waals surface area contributed by atoms with E-state index in [1.165, 1.54) is 16.0 Å². The summed E-state index contributed by atoms with van der Waals surface area (Å²) in [6.45, 7) is 1.23. The van der Waals surface area contributed by atoms with Crippen LogP contribution in [0.5, 0.6) is 0 Å². The van der Waals surface area contributed by atoms with Gasteiger partial charge >= 0.3 is 0 Å². The zero-order valence-electron chi connectivity index (χ0n) is 15.5. The Morgan fingerprint density at radius 2 is 2.18 bits per heavy atom. The van der Waals surface area contributed by atoms with Crippen LogP contribution < -0.4 is 5.32 Å². The van der Waals surface area contributed by atoms with E-state index in [1.54, 1.807) is 17.5 Å². The number of para-hydroxylation sites is 1. The number of carbonyl (C=O) groups excluding carboxylic acids is 2. The summed E-state index contributed by atoms with van der Waals surface area (Å²) in [7, 11) is 0. The molecule has 0 bridgehead atoms. The molecule has 0 spiro atoms. The van der Waals surface area contributed by atoms with Crippen LogP contribution in [0.1, 0.15) is 30.7 Å². The van der Waals surface area contributed by atoms with E-state index in [2.05, 4.69) is 21.4 Å². The number of nitrogens with zero attached hydrogens (tertiary/aromatic N) is 3. The molecule has 1 atom stereocenters. The number of amides is 2. The van der Waals surface area contributed by atoms with Gasteiger partial charge in [0.05, 0.1) is 21.1 Å². The van der Waals surface area contributed by atoms with Gasteiger partial charge in [-0.05, 0) is 37.8 Å². The summed E-state index contributed by atoms with van der Waals surface area (Å²) in [5, 5.41) is 6.38. The maximum atomic E-state index is 12.6. The molecular weight excluding hydrogens is 392 g/mol. The van der Waals surface area contributed by atoms with Gasteiger partial charge in [-0.2, -0.15) is 0 Å². The molecule has 1 aliphatic rings. The van der Waals surface area contributed by atoms with Crippen LogP contribution in [0.3, 0.4) is 0 Å². The van der Waals surface area contributed by atoms with E-state index in [0.717, 1.165) is 42.8 Å². The molecule has 1 saturated heterocycles. The van der Waals surface area contributed by atoms with Crippen molar-refractivity contribution in [2.24, 2.45) is 5.92 Å². The number of benzene rings is 1. The summed E-state index contributed by atoms with van der Waals surface area (Å²) in [6.07, 6.45) is 5.43. The Morgan fingerprint density at radius 3 is 3.00 bits per heavy atom. The van der Waals surface area contributed by atoms with Crippen molar-refractivity contribution in [2.45, 2.75) is 32.1 Å². The van der Waals surface area contributed by atoms with Crippen LogP contribution in [0.25, 0.3) is 10.2 Å². The zero-order chi connectivity index (χ0) is 19.3. The second-order valence-corrected chi connectivity index (χ2v) is 8.94. The molecule has 4 rings (SSSR count). The third kappa shape index (κ3) is 4.56. The van der Waals surface area contributed by atoms with Gasteiger partial charge in [0.1, 0.15) is 0 Å². The normalized spacial score (nSPS) is 17.0. The van der Waals surface area contributed by atoms with Gasteiger partial charge in [-0.3, -0.25) is 9.59 Å². The minimum absolute atomic E-state index is 0.0399. The summed E-state index contributed by atoms with van der Waals surface area (Å²) in [4.78, 5) is 35.6. The molecule has 1 fully saturated rings. The maximum absolute atomic E-state index is 12.6. The predicted octanol–water partition coefficient (Wildman–Crippen LogP) is 3.95. The highest BCUT2D eigenvalue weighted by molar-refractivity contribution is 7.18. The molecule has 2 amide bonds. The number of hydrogen-bond acceptors (Lipinski definition) is 6. The first-order valence-electron chi connectivity index (χ1n) is 9.51. The summed E-state index contributed by atoms with van der Waals surface area (Å²) in [6, 6.07) is 8.11. The van der Waals surface area contributed by atoms with Crippen LogP contribution in [0.4, 0.5) is 5.13 Å². The average Bonchev–Trinajstić information content (AvgIpc) is 3.37. The molecule has 3 aromatic rings. The van der Waals surface area contributed by atoms with Crippen molar-refractivity contribution in [3.05, 3.63) is 40.8 Å². The minimum Gasteiger partial charge on any atom is -0.342 e. The van der Waals surface area contributed by atoms with Gasteiger partial charge in [0, 0.05) is 31.1 Å². The number of aryl methyl sites for hydroxylation is 1. The third-order valence-electron chi connectivity index (χ3n) is 4.93. The van der Waals surface area contributed by atoms with E-state index < -0.39 is 0 Å². The van der Waals surface area contributed by atoms with Crippen molar-refractivity contribution in [3.63, 3.8) is 0 Å². The fraction of sp³-hybridized carbons (Fsp3) is 0.400. The second kappa shape index (κ2) is 8.79. The zero-order valence-corrected chi connectivity index (χ0v) is 17.1. The van der Waals surface area contributed by atoms with Crippen molar-refractivity contribution in [3.8, 4) is 0 Å². The number of anilines is 1. The van der Waals surface area contributed by atoms with E-state index in [4.69, 9.17) is 0 Å². The number of carbonyl (C=O) groups is 2. The monoisotopic (exact) mass is 414 g/mol. The van der Waals surface area contributed by atoms with E-state index in [9.17, 15) is 9.59 Å². The molecule has 1 N–H and O–H groups in total. The van der Waals surface area contributed by atoms with Gasteiger partial charge in [0.25, 0.3) is 0 Å². The molecule has 28 heavy (non-hydrogen) atoms. The quantitative estimate of drug-likeness (QED) is 0.663. The lowest BCUT2D eigenvalue weighted by atomic mass is 9.97. The molecule has 8 heteroatoms. The highest BCUT2D eigenvalue weighted by Crippen LogP contribution is 2.24. The number of aromatic nitrogens is 2. The highest BCUT2D eigenvalue weighted by atomic mass is 32.1. The first-order chi connectivity index (χ1) is 13.7. The smallest absolute Gasteiger partial charge is 0.231 e. The average molecular weight is 415 g/mol. The topological polar surface area (TPSA) is 75.2 Å². The van der Waals surface area contributed by atoms with Crippen LogP contribution in [0, 0.1) is 5.92 Å². The fourth-order valence-electron chi connectivity index (χ4n) is 3.49. The lowest BCUT2D eigenvalue weighted by Gasteiger charge is -2.32. The maximum Gasteiger partial charge on any atom is 0.231 e. The Kier molecular flexibility index (Phi) is 5.97.